The fraction of sp³-hybridized carbons (Fsp3) is 0.385. The average Bonchev–Trinajstić information content (AvgIpc) is 2.40. The third-order valence-electron chi connectivity index (χ3n) is 2.99. The standard InChI is InChI=1S/C13H17FN2O4/c1-4-13(2,11(17)18)16-12(19)15-10-7-8(20-3)5-6-9(10)14/h5-7H,4H2,1-3H3,(H,17,18)(H2,15,16,19). The predicted octanol–water partition coefficient (Wildman–Crippen LogP) is 2.21. The van der Waals surface area contributed by atoms with E-state index in [0.29, 0.717) is 5.75 Å². The van der Waals surface area contributed by atoms with Gasteiger partial charge in [-0.2, -0.15) is 0 Å². The van der Waals surface area contributed by atoms with Crippen LogP contribution in [0.5, 0.6) is 5.75 Å². The smallest absolute Gasteiger partial charge is 0.329 e. The van der Waals surface area contributed by atoms with Gasteiger partial charge >= 0.3 is 12.0 Å². The minimum Gasteiger partial charge on any atom is -0.497 e. The molecule has 0 bridgehead atoms. The van der Waals surface area contributed by atoms with E-state index in [1.54, 1.807) is 6.92 Å². The number of benzene rings is 1. The van der Waals surface area contributed by atoms with Crippen molar-refractivity contribution in [3.05, 3.63) is 24.0 Å². The van der Waals surface area contributed by atoms with Crippen LogP contribution in [0.2, 0.25) is 0 Å². The monoisotopic (exact) mass is 284 g/mol. The summed E-state index contributed by atoms with van der Waals surface area (Å²) in [6.45, 7) is 3.00. The highest BCUT2D eigenvalue weighted by molar-refractivity contribution is 5.93. The van der Waals surface area contributed by atoms with Crippen molar-refractivity contribution in [1.82, 2.24) is 5.32 Å². The van der Waals surface area contributed by atoms with Crippen LogP contribution < -0.4 is 15.4 Å². The van der Waals surface area contributed by atoms with Crippen LogP contribution in [-0.4, -0.2) is 29.8 Å². The Hall–Kier alpha value is -2.31. The van der Waals surface area contributed by atoms with Gasteiger partial charge < -0.3 is 20.5 Å². The van der Waals surface area contributed by atoms with Gasteiger partial charge in [-0.05, 0) is 25.5 Å². The zero-order valence-electron chi connectivity index (χ0n) is 11.5. The van der Waals surface area contributed by atoms with Crippen LogP contribution in [0.4, 0.5) is 14.9 Å². The fourth-order valence-corrected chi connectivity index (χ4v) is 1.42. The van der Waals surface area contributed by atoms with Gasteiger partial charge in [0.15, 0.2) is 0 Å². The minimum atomic E-state index is -1.42. The number of amides is 2. The highest BCUT2D eigenvalue weighted by Gasteiger charge is 2.32. The van der Waals surface area contributed by atoms with Crippen molar-refractivity contribution >= 4 is 17.7 Å². The first-order valence-corrected chi connectivity index (χ1v) is 5.98. The maximum absolute atomic E-state index is 13.5. The minimum absolute atomic E-state index is 0.0920. The van der Waals surface area contributed by atoms with Crippen molar-refractivity contribution in [3.63, 3.8) is 0 Å². The molecule has 0 spiro atoms. The number of carboxylic acids is 1. The zero-order chi connectivity index (χ0) is 15.3. The van der Waals surface area contributed by atoms with Crippen LogP contribution in [0, 0.1) is 5.82 Å². The highest BCUT2D eigenvalue weighted by atomic mass is 19.1. The molecule has 0 saturated heterocycles. The van der Waals surface area contributed by atoms with Gasteiger partial charge in [0.05, 0.1) is 12.8 Å². The summed E-state index contributed by atoms with van der Waals surface area (Å²) < 4.78 is 18.4. The van der Waals surface area contributed by atoms with Gasteiger partial charge in [-0.25, -0.2) is 14.0 Å². The number of nitrogens with one attached hydrogen (secondary N) is 2. The topological polar surface area (TPSA) is 87.7 Å². The van der Waals surface area contributed by atoms with Gasteiger partial charge in [0.2, 0.25) is 0 Å². The van der Waals surface area contributed by atoms with E-state index in [-0.39, 0.29) is 12.1 Å². The average molecular weight is 284 g/mol. The summed E-state index contributed by atoms with van der Waals surface area (Å²) in [5.41, 5.74) is -1.51. The van der Waals surface area contributed by atoms with Crippen LogP contribution in [0.1, 0.15) is 20.3 Å². The van der Waals surface area contributed by atoms with E-state index in [1.165, 1.54) is 26.2 Å². The van der Waals surface area contributed by atoms with Crippen molar-refractivity contribution in [2.45, 2.75) is 25.8 Å². The third-order valence-corrected chi connectivity index (χ3v) is 2.99. The lowest BCUT2D eigenvalue weighted by Gasteiger charge is -2.24. The molecule has 0 fully saturated rings. The number of anilines is 1. The largest absolute Gasteiger partial charge is 0.497 e. The molecule has 3 N–H and O–H groups in total. The lowest BCUT2D eigenvalue weighted by Crippen LogP contribution is -2.53. The van der Waals surface area contributed by atoms with Crippen molar-refractivity contribution in [1.29, 1.82) is 0 Å². The molecule has 1 atom stereocenters. The molecule has 0 radical (unpaired) electrons. The van der Waals surface area contributed by atoms with Crippen molar-refractivity contribution in [2.24, 2.45) is 0 Å². The number of carboxylic acid groups (broad SMARTS) is 1. The number of ether oxygens (including phenoxy) is 1. The Balaban J connectivity index is 2.83. The van der Waals surface area contributed by atoms with Gasteiger partial charge in [0.25, 0.3) is 0 Å². The molecule has 0 aliphatic rings. The molecule has 20 heavy (non-hydrogen) atoms. The summed E-state index contributed by atoms with van der Waals surface area (Å²) in [5, 5.41) is 13.6. The second-order valence-electron chi connectivity index (χ2n) is 4.42. The van der Waals surface area contributed by atoms with Crippen molar-refractivity contribution in [3.8, 4) is 5.75 Å². The van der Waals surface area contributed by atoms with E-state index in [9.17, 15) is 14.0 Å². The molecule has 0 saturated carbocycles. The first-order valence-electron chi connectivity index (χ1n) is 5.98. The molecule has 0 aliphatic carbocycles. The first kappa shape index (κ1) is 15.7. The second kappa shape index (κ2) is 6.23. The van der Waals surface area contributed by atoms with Crippen LogP contribution in [-0.2, 0) is 4.79 Å². The highest BCUT2D eigenvalue weighted by Crippen LogP contribution is 2.21. The van der Waals surface area contributed by atoms with Crippen LogP contribution >= 0.6 is 0 Å². The van der Waals surface area contributed by atoms with Gasteiger partial charge in [0.1, 0.15) is 17.1 Å². The Morgan fingerprint density at radius 3 is 2.60 bits per heavy atom. The van der Waals surface area contributed by atoms with Crippen molar-refractivity contribution in [2.75, 3.05) is 12.4 Å². The van der Waals surface area contributed by atoms with E-state index in [2.05, 4.69) is 10.6 Å². The predicted molar refractivity (Wildman–Crippen MR) is 71.4 cm³/mol. The van der Waals surface area contributed by atoms with Crippen LogP contribution in [0.25, 0.3) is 0 Å². The summed E-state index contributed by atoms with van der Waals surface area (Å²) in [6, 6.07) is 3.05. The van der Waals surface area contributed by atoms with E-state index in [1.807, 2.05) is 0 Å². The fourth-order valence-electron chi connectivity index (χ4n) is 1.42. The maximum Gasteiger partial charge on any atom is 0.329 e. The number of hydrogen-bond acceptors (Lipinski definition) is 3. The summed E-state index contributed by atoms with van der Waals surface area (Å²) >= 11 is 0. The Morgan fingerprint density at radius 2 is 2.10 bits per heavy atom. The molecule has 110 valence electrons. The normalized spacial score (nSPS) is 13.2. The number of halogens is 1. The lowest BCUT2D eigenvalue weighted by atomic mass is 10.00. The number of carbonyl (C=O) groups excluding carboxylic acids is 1. The molecule has 1 unspecified atom stereocenters. The lowest BCUT2D eigenvalue weighted by molar-refractivity contribution is -0.143. The Morgan fingerprint density at radius 1 is 1.45 bits per heavy atom. The molecular formula is C13H17FN2O4. The number of rotatable bonds is 5. The summed E-state index contributed by atoms with van der Waals surface area (Å²) in [5.74, 6) is -1.44. The van der Waals surface area contributed by atoms with Crippen LogP contribution in [0.15, 0.2) is 18.2 Å². The van der Waals surface area contributed by atoms with Crippen LogP contribution in [0.3, 0.4) is 0 Å². The molecular weight excluding hydrogens is 267 g/mol. The van der Waals surface area contributed by atoms with Crippen molar-refractivity contribution < 1.29 is 23.8 Å². The Kier molecular flexibility index (Phi) is 4.90. The van der Waals surface area contributed by atoms with Gasteiger partial charge in [0, 0.05) is 6.07 Å². The summed E-state index contributed by atoms with van der Waals surface area (Å²) in [4.78, 5) is 22.8. The molecule has 1 aromatic carbocycles. The number of urea groups is 1. The molecule has 6 nitrogen and oxygen atoms in total. The molecule has 7 heteroatoms. The second-order valence-corrected chi connectivity index (χ2v) is 4.42. The summed E-state index contributed by atoms with van der Waals surface area (Å²) in [6.07, 6.45) is 0.191. The molecule has 1 rings (SSSR count). The number of methoxy groups -OCH3 is 1. The van der Waals surface area contributed by atoms with E-state index >= 15 is 0 Å². The Bertz CT molecular complexity index is 521. The Labute approximate surface area is 115 Å². The van der Waals surface area contributed by atoms with E-state index in [4.69, 9.17) is 9.84 Å². The molecule has 0 aromatic heterocycles. The first-order chi connectivity index (χ1) is 9.32. The van der Waals surface area contributed by atoms with Gasteiger partial charge in [-0.3, -0.25) is 0 Å². The van der Waals surface area contributed by atoms with E-state index < -0.39 is 23.4 Å². The zero-order valence-corrected chi connectivity index (χ0v) is 11.5. The molecule has 1 aromatic rings. The number of aliphatic carboxylic acids is 1. The number of hydrogen-bond donors (Lipinski definition) is 3. The molecule has 0 aliphatic heterocycles. The summed E-state index contributed by atoms with van der Waals surface area (Å²) in [7, 11) is 1.41. The quantitative estimate of drug-likeness (QED) is 0.773. The van der Waals surface area contributed by atoms with Gasteiger partial charge in [-0.15, -0.1) is 0 Å². The molecule has 0 heterocycles. The maximum atomic E-state index is 13.5. The number of carbonyl (C=O) groups is 2. The van der Waals surface area contributed by atoms with Gasteiger partial charge in [-0.1, -0.05) is 6.92 Å². The molecule has 2 amide bonds. The van der Waals surface area contributed by atoms with E-state index in [0.717, 1.165) is 6.07 Å². The third kappa shape index (κ3) is 3.59. The SMILES string of the molecule is CCC(C)(NC(=O)Nc1cc(OC)ccc1F)C(=O)O.